The van der Waals surface area contributed by atoms with Gasteiger partial charge in [0.1, 0.15) is 0 Å². The first-order chi connectivity index (χ1) is 14.3. The number of hydrogen-bond acceptors (Lipinski definition) is 2. The topological polar surface area (TPSA) is 44.1 Å². The first-order valence-electron chi connectivity index (χ1n) is 13.5. The Bertz CT molecular complexity index is 773. The molecule has 10 atom stereocenters. The zero-order valence-electron chi connectivity index (χ0n) is 21.5. The van der Waals surface area contributed by atoms with Gasteiger partial charge in [-0.2, -0.15) is 0 Å². The number of rotatable bonds is 1. The molecule has 2 heteroatoms. The van der Waals surface area contributed by atoms with Crippen LogP contribution in [0.1, 0.15) is 113 Å². The second-order valence-electron chi connectivity index (χ2n) is 14.6. The lowest BCUT2D eigenvalue weighted by atomic mass is 9.32. The Morgan fingerprint density at radius 3 is 2.13 bits per heavy atom. The molecule has 0 radical (unpaired) electrons. The third kappa shape index (κ3) is 2.64. The van der Waals surface area contributed by atoms with Gasteiger partial charge in [0.2, 0.25) is 0 Å². The van der Waals surface area contributed by atoms with Crippen LogP contribution in [0.4, 0.5) is 0 Å². The average molecular weight is 428 g/mol. The van der Waals surface area contributed by atoms with E-state index in [1.807, 2.05) is 0 Å². The van der Waals surface area contributed by atoms with E-state index in [1.54, 1.807) is 0 Å². The molecule has 8 unspecified atom stereocenters. The first kappa shape index (κ1) is 22.4. The highest BCUT2D eigenvalue weighted by Gasteiger charge is 2.70. The summed E-state index contributed by atoms with van der Waals surface area (Å²) in [6.07, 6.45) is 12.9. The van der Waals surface area contributed by atoms with Crippen molar-refractivity contribution in [3.63, 3.8) is 0 Å². The van der Waals surface area contributed by atoms with E-state index in [2.05, 4.69) is 48.5 Å². The van der Waals surface area contributed by atoms with E-state index in [0.29, 0.717) is 33.5 Å². The van der Waals surface area contributed by atoms with Crippen LogP contribution in [-0.2, 0) is 0 Å². The Labute approximate surface area is 191 Å². The van der Waals surface area contributed by atoms with Crippen molar-refractivity contribution < 1.29 is 5.11 Å². The second kappa shape index (κ2) is 6.61. The van der Waals surface area contributed by atoms with Crippen LogP contribution in [-0.4, -0.2) is 16.9 Å². The van der Waals surface area contributed by atoms with Crippen LogP contribution in [0.5, 0.6) is 0 Å². The van der Waals surface area contributed by atoms with E-state index >= 15 is 0 Å². The summed E-state index contributed by atoms with van der Waals surface area (Å²) in [6.45, 7) is 17.4. The van der Waals surface area contributed by atoms with Crippen LogP contribution in [0, 0.1) is 62.1 Å². The van der Waals surface area contributed by atoms with Crippen LogP contribution in [0.25, 0.3) is 0 Å². The standard InChI is InChI=1S/C29H49NO/c1-18(30)19-10-13-26(4)16-17-28(6)20(24(19)26)8-9-22-27(5)14-12-23(31)25(2,3)21(27)11-15-29(22,28)7/h19-24,30-31H,8-17H2,1-7H3/t19-,20?,21?,22?,23?,24?,26?,27?,28+,29?/m0/s1. The van der Waals surface area contributed by atoms with Crippen LogP contribution in [0.15, 0.2) is 0 Å². The molecule has 0 aliphatic heterocycles. The molecule has 2 N–H and O–H groups in total. The van der Waals surface area contributed by atoms with Crippen molar-refractivity contribution in [3.8, 4) is 0 Å². The van der Waals surface area contributed by atoms with Gasteiger partial charge in [-0.15, -0.1) is 0 Å². The zero-order chi connectivity index (χ0) is 22.6. The fourth-order valence-corrected chi connectivity index (χ4v) is 11.4. The van der Waals surface area contributed by atoms with E-state index in [0.717, 1.165) is 29.9 Å². The predicted molar refractivity (Wildman–Crippen MR) is 129 cm³/mol. The quantitative estimate of drug-likeness (QED) is 0.418. The molecule has 0 amide bonds. The third-order valence-electron chi connectivity index (χ3n) is 13.4. The molecule has 5 aliphatic carbocycles. The van der Waals surface area contributed by atoms with E-state index in [9.17, 15) is 5.11 Å². The highest BCUT2D eigenvalue weighted by atomic mass is 16.3. The number of hydrogen-bond donors (Lipinski definition) is 2. The van der Waals surface area contributed by atoms with Crippen molar-refractivity contribution >= 4 is 5.71 Å². The third-order valence-corrected chi connectivity index (χ3v) is 13.4. The molecule has 0 spiro atoms. The molecule has 31 heavy (non-hydrogen) atoms. The molecule has 5 saturated carbocycles. The van der Waals surface area contributed by atoms with Gasteiger partial charge in [-0.05, 0) is 128 Å². The summed E-state index contributed by atoms with van der Waals surface area (Å²) < 4.78 is 0. The van der Waals surface area contributed by atoms with Crippen molar-refractivity contribution in [1.29, 1.82) is 5.41 Å². The minimum atomic E-state index is -0.132. The van der Waals surface area contributed by atoms with Gasteiger partial charge in [-0.3, -0.25) is 0 Å². The number of aliphatic hydroxyl groups excluding tert-OH is 1. The molecule has 5 aliphatic rings. The summed E-state index contributed by atoms with van der Waals surface area (Å²) in [5, 5.41) is 19.5. The highest BCUT2D eigenvalue weighted by molar-refractivity contribution is 5.82. The number of fused-ring (bicyclic) bond motifs is 7. The molecule has 0 aromatic heterocycles. The fourth-order valence-electron chi connectivity index (χ4n) is 11.4. The van der Waals surface area contributed by atoms with Crippen molar-refractivity contribution in [1.82, 2.24) is 0 Å². The van der Waals surface area contributed by atoms with E-state index in [4.69, 9.17) is 5.41 Å². The summed E-state index contributed by atoms with van der Waals surface area (Å²) in [6, 6.07) is 0. The molecule has 2 nitrogen and oxygen atoms in total. The Hall–Kier alpha value is -0.370. The van der Waals surface area contributed by atoms with Crippen LogP contribution >= 0.6 is 0 Å². The average Bonchev–Trinajstić information content (AvgIpc) is 3.04. The Kier molecular flexibility index (Phi) is 4.78. The zero-order valence-corrected chi connectivity index (χ0v) is 21.5. The molecule has 0 aromatic carbocycles. The summed E-state index contributed by atoms with van der Waals surface area (Å²) in [5.41, 5.74) is 2.67. The molecule has 176 valence electrons. The summed E-state index contributed by atoms with van der Waals surface area (Å²) >= 11 is 0. The van der Waals surface area contributed by atoms with Crippen LogP contribution in [0.2, 0.25) is 0 Å². The predicted octanol–water partition coefficient (Wildman–Crippen LogP) is 7.49. The minimum absolute atomic E-state index is 0.0467. The Morgan fingerprint density at radius 2 is 1.45 bits per heavy atom. The second-order valence-corrected chi connectivity index (χ2v) is 14.6. The van der Waals surface area contributed by atoms with E-state index in [-0.39, 0.29) is 11.5 Å². The molecule has 0 heterocycles. The smallest absolute Gasteiger partial charge is 0.0594 e. The lowest BCUT2D eigenvalue weighted by Crippen LogP contribution is -2.66. The van der Waals surface area contributed by atoms with Crippen molar-refractivity contribution in [2.75, 3.05) is 0 Å². The first-order valence-corrected chi connectivity index (χ1v) is 13.5. The van der Waals surface area contributed by atoms with Gasteiger partial charge in [0.05, 0.1) is 6.10 Å². The van der Waals surface area contributed by atoms with Crippen LogP contribution in [0.3, 0.4) is 0 Å². The monoisotopic (exact) mass is 427 g/mol. The summed E-state index contributed by atoms with van der Waals surface area (Å²) in [5.74, 6) is 3.50. The molecular formula is C29H49NO. The molecule has 5 fully saturated rings. The van der Waals surface area contributed by atoms with Gasteiger partial charge in [0, 0.05) is 5.71 Å². The normalized spacial score (nSPS) is 57.9. The highest BCUT2D eigenvalue weighted by Crippen LogP contribution is 2.77. The largest absolute Gasteiger partial charge is 0.393 e. The molecule has 5 rings (SSSR count). The van der Waals surface area contributed by atoms with Gasteiger partial charge in [-0.25, -0.2) is 0 Å². The maximum Gasteiger partial charge on any atom is 0.0594 e. The van der Waals surface area contributed by atoms with Gasteiger partial charge < -0.3 is 10.5 Å². The van der Waals surface area contributed by atoms with Gasteiger partial charge in [0.25, 0.3) is 0 Å². The van der Waals surface area contributed by atoms with Crippen molar-refractivity contribution in [2.45, 2.75) is 119 Å². The summed E-state index contributed by atoms with van der Waals surface area (Å²) in [4.78, 5) is 0. The molecule has 0 saturated heterocycles. The Balaban J connectivity index is 1.54. The van der Waals surface area contributed by atoms with E-state index in [1.165, 1.54) is 57.8 Å². The van der Waals surface area contributed by atoms with Crippen molar-refractivity contribution in [3.05, 3.63) is 0 Å². The van der Waals surface area contributed by atoms with E-state index < -0.39 is 0 Å². The van der Waals surface area contributed by atoms with Gasteiger partial charge in [0.15, 0.2) is 0 Å². The number of aliphatic hydroxyl groups is 1. The maximum atomic E-state index is 10.9. The molecular weight excluding hydrogens is 378 g/mol. The Morgan fingerprint density at radius 1 is 0.742 bits per heavy atom. The van der Waals surface area contributed by atoms with Gasteiger partial charge >= 0.3 is 0 Å². The summed E-state index contributed by atoms with van der Waals surface area (Å²) in [7, 11) is 0. The molecule has 0 bridgehead atoms. The fraction of sp³-hybridized carbons (Fsp3) is 0.966. The van der Waals surface area contributed by atoms with Crippen LogP contribution < -0.4 is 0 Å². The lowest BCUT2D eigenvalue weighted by molar-refractivity contribution is -0.246. The lowest BCUT2D eigenvalue weighted by Gasteiger charge is -2.72. The maximum absolute atomic E-state index is 10.9. The molecule has 0 aromatic rings. The van der Waals surface area contributed by atoms with Gasteiger partial charge in [-0.1, -0.05) is 41.5 Å². The SMILES string of the molecule is CC(=N)[C@@H]1CCC2(C)CC[C@]3(C)C(CCC4C5(C)CCC(O)C(C)(C)C5CCC43C)C12. The van der Waals surface area contributed by atoms with Crippen molar-refractivity contribution in [2.24, 2.45) is 56.7 Å². The number of nitrogens with one attached hydrogen (secondary N) is 1. The minimum Gasteiger partial charge on any atom is -0.393 e.